The molecule has 0 radical (unpaired) electrons. The molecule has 94 valence electrons. The van der Waals surface area contributed by atoms with Gasteiger partial charge in [0.05, 0.1) is 23.0 Å². The van der Waals surface area contributed by atoms with E-state index in [9.17, 15) is 10.1 Å². The molecule has 8 heteroatoms. The molecule has 0 aliphatic carbocycles. The lowest BCUT2D eigenvalue weighted by molar-refractivity contribution is -0.385. The summed E-state index contributed by atoms with van der Waals surface area (Å²) < 4.78 is 5.17. The molecule has 7 nitrogen and oxygen atoms in total. The maximum absolute atomic E-state index is 10.7. The number of furan rings is 1. The van der Waals surface area contributed by atoms with Gasteiger partial charge in [-0.2, -0.15) is 0 Å². The van der Waals surface area contributed by atoms with Crippen LogP contribution in [0.4, 0.5) is 11.5 Å². The normalized spacial score (nSPS) is 10.3. The molecule has 2 heterocycles. The fourth-order valence-corrected chi connectivity index (χ4v) is 2.11. The minimum atomic E-state index is -0.487. The molecular weight excluding hydrogens is 256 g/mol. The van der Waals surface area contributed by atoms with Gasteiger partial charge in [0.1, 0.15) is 16.6 Å². The first-order valence-corrected chi connectivity index (χ1v) is 5.96. The molecule has 2 aromatic heterocycles. The summed E-state index contributed by atoms with van der Waals surface area (Å²) in [7, 11) is 0. The summed E-state index contributed by atoms with van der Waals surface area (Å²) in [6.07, 6.45) is 1.57. The lowest BCUT2D eigenvalue weighted by Gasteiger charge is -2.03. The third-order valence-electron chi connectivity index (χ3n) is 2.09. The van der Waals surface area contributed by atoms with Crippen molar-refractivity contribution in [1.82, 2.24) is 4.98 Å². The number of nitrogens with zero attached hydrogens (tertiary/aromatic N) is 2. The van der Waals surface area contributed by atoms with Gasteiger partial charge in [0, 0.05) is 6.07 Å². The number of pyridine rings is 1. The lowest BCUT2D eigenvalue weighted by Crippen LogP contribution is -2.09. The molecule has 0 saturated heterocycles. The number of aromatic nitrogens is 1. The zero-order valence-corrected chi connectivity index (χ0v) is 10.0. The maximum atomic E-state index is 10.7. The maximum Gasteiger partial charge on any atom is 0.275 e. The summed E-state index contributed by atoms with van der Waals surface area (Å²) in [5.74, 6) is 6.79. The van der Waals surface area contributed by atoms with Gasteiger partial charge >= 0.3 is 0 Å². The van der Waals surface area contributed by atoms with Crippen LogP contribution >= 0.6 is 11.8 Å². The predicted octanol–water partition coefficient (Wildman–Crippen LogP) is 2.16. The van der Waals surface area contributed by atoms with E-state index in [1.807, 2.05) is 6.07 Å². The Kier molecular flexibility index (Phi) is 3.80. The first kappa shape index (κ1) is 12.4. The van der Waals surface area contributed by atoms with Gasteiger partial charge in [-0.15, -0.1) is 0 Å². The van der Waals surface area contributed by atoms with E-state index in [1.165, 1.54) is 23.9 Å². The second-order valence-corrected chi connectivity index (χ2v) is 4.31. The molecule has 0 unspecified atom stereocenters. The lowest BCUT2D eigenvalue weighted by atomic mass is 10.4. The van der Waals surface area contributed by atoms with Crippen LogP contribution in [-0.4, -0.2) is 9.91 Å². The average molecular weight is 266 g/mol. The number of nitrogen functional groups attached to an aromatic ring is 1. The third-order valence-corrected chi connectivity index (χ3v) is 3.02. The number of nitrogens with two attached hydrogens (primary N) is 1. The van der Waals surface area contributed by atoms with Crippen LogP contribution in [0.15, 0.2) is 40.0 Å². The first-order chi connectivity index (χ1) is 8.69. The van der Waals surface area contributed by atoms with Crippen LogP contribution in [0.5, 0.6) is 0 Å². The molecule has 0 saturated carbocycles. The molecular formula is C10H10N4O3S. The highest BCUT2D eigenvalue weighted by Gasteiger charge is 2.11. The number of hydrogen-bond donors (Lipinski definition) is 2. The molecule has 0 spiro atoms. The van der Waals surface area contributed by atoms with Crippen molar-refractivity contribution in [2.24, 2.45) is 5.84 Å². The van der Waals surface area contributed by atoms with Gasteiger partial charge < -0.3 is 9.84 Å². The second-order valence-electron chi connectivity index (χ2n) is 3.32. The zero-order valence-electron chi connectivity index (χ0n) is 9.20. The molecule has 0 aliphatic rings. The van der Waals surface area contributed by atoms with Crippen LogP contribution in [0.25, 0.3) is 0 Å². The number of thioether (sulfide) groups is 1. The van der Waals surface area contributed by atoms with Crippen molar-refractivity contribution in [2.45, 2.75) is 10.8 Å². The highest BCUT2D eigenvalue weighted by Crippen LogP contribution is 2.26. The van der Waals surface area contributed by atoms with E-state index in [-0.39, 0.29) is 11.5 Å². The van der Waals surface area contributed by atoms with Gasteiger partial charge in [0.2, 0.25) is 0 Å². The highest BCUT2D eigenvalue weighted by molar-refractivity contribution is 7.98. The highest BCUT2D eigenvalue weighted by atomic mass is 32.2. The third kappa shape index (κ3) is 2.99. The minimum Gasteiger partial charge on any atom is -0.468 e. The van der Waals surface area contributed by atoms with Crippen LogP contribution in [0.3, 0.4) is 0 Å². The Morgan fingerprint density at radius 3 is 3.00 bits per heavy atom. The molecule has 3 N–H and O–H groups in total. The van der Waals surface area contributed by atoms with Gasteiger partial charge in [-0.25, -0.2) is 10.8 Å². The van der Waals surface area contributed by atoms with Crippen molar-refractivity contribution in [3.63, 3.8) is 0 Å². The number of nitro groups is 1. The van der Waals surface area contributed by atoms with Crippen molar-refractivity contribution in [1.29, 1.82) is 0 Å². The molecule has 0 aliphatic heterocycles. The monoisotopic (exact) mass is 266 g/mol. The van der Waals surface area contributed by atoms with E-state index in [4.69, 9.17) is 10.3 Å². The summed E-state index contributed by atoms with van der Waals surface area (Å²) in [6.45, 7) is 0. The van der Waals surface area contributed by atoms with Crippen molar-refractivity contribution in [3.05, 3.63) is 46.4 Å². The summed E-state index contributed by atoms with van der Waals surface area (Å²) in [5, 5.41) is 11.2. The number of rotatable bonds is 5. The van der Waals surface area contributed by atoms with Crippen molar-refractivity contribution < 1.29 is 9.34 Å². The molecule has 0 fully saturated rings. The first-order valence-electron chi connectivity index (χ1n) is 4.97. The Hall–Kier alpha value is -2.06. The van der Waals surface area contributed by atoms with E-state index < -0.39 is 4.92 Å². The number of hydrogen-bond acceptors (Lipinski definition) is 7. The summed E-state index contributed by atoms with van der Waals surface area (Å²) >= 11 is 1.33. The fraction of sp³-hybridized carbons (Fsp3) is 0.100. The summed E-state index contributed by atoms with van der Waals surface area (Å²) in [5.41, 5.74) is 2.25. The van der Waals surface area contributed by atoms with Crippen molar-refractivity contribution in [3.8, 4) is 0 Å². The Morgan fingerprint density at radius 1 is 1.56 bits per heavy atom. The Balaban J connectivity index is 2.16. The topological polar surface area (TPSA) is 107 Å². The minimum absolute atomic E-state index is 0.0557. The Labute approximate surface area is 107 Å². The van der Waals surface area contributed by atoms with Crippen LogP contribution in [0.2, 0.25) is 0 Å². The van der Waals surface area contributed by atoms with Gasteiger partial charge in [-0.1, -0.05) is 11.8 Å². The average Bonchev–Trinajstić information content (AvgIpc) is 2.89. The van der Waals surface area contributed by atoms with Crippen LogP contribution in [-0.2, 0) is 5.75 Å². The molecule has 0 bridgehead atoms. The SMILES string of the molecule is NNc1cc([N+](=O)[O-])cc(SCc2ccco2)n1. The predicted molar refractivity (Wildman–Crippen MR) is 67.0 cm³/mol. The zero-order chi connectivity index (χ0) is 13.0. The number of hydrazine groups is 1. The van der Waals surface area contributed by atoms with Gasteiger partial charge in [0.15, 0.2) is 0 Å². The van der Waals surface area contributed by atoms with E-state index in [0.717, 1.165) is 5.76 Å². The molecule has 2 rings (SSSR count). The van der Waals surface area contributed by atoms with E-state index in [0.29, 0.717) is 10.8 Å². The molecule has 0 amide bonds. The van der Waals surface area contributed by atoms with Crippen LogP contribution in [0, 0.1) is 10.1 Å². The van der Waals surface area contributed by atoms with E-state index in [1.54, 1.807) is 12.3 Å². The van der Waals surface area contributed by atoms with Crippen molar-refractivity contribution >= 4 is 23.3 Å². The molecule has 18 heavy (non-hydrogen) atoms. The van der Waals surface area contributed by atoms with Crippen LogP contribution < -0.4 is 11.3 Å². The fourth-order valence-electron chi connectivity index (χ4n) is 1.28. The van der Waals surface area contributed by atoms with Crippen LogP contribution in [0.1, 0.15) is 5.76 Å². The van der Waals surface area contributed by atoms with Gasteiger partial charge in [0.25, 0.3) is 5.69 Å². The quantitative estimate of drug-likeness (QED) is 0.369. The number of nitrogens with one attached hydrogen (secondary N) is 1. The van der Waals surface area contributed by atoms with E-state index >= 15 is 0 Å². The summed E-state index contributed by atoms with van der Waals surface area (Å²) in [4.78, 5) is 14.4. The smallest absolute Gasteiger partial charge is 0.275 e. The second kappa shape index (κ2) is 5.52. The molecule has 0 aromatic carbocycles. The standard InChI is InChI=1S/C10H10N4O3S/c11-13-9-4-7(14(15)16)5-10(12-9)18-6-8-2-1-3-17-8/h1-5H,6,11H2,(H,12,13). The Bertz CT molecular complexity index is 544. The van der Waals surface area contributed by atoms with E-state index in [2.05, 4.69) is 10.4 Å². The van der Waals surface area contributed by atoms with Gasteiger partial charge in [-0.05, 0) is 12.1 Å². The Morgan fingerprint density at radius 2 is 2.39 bits per heavy atom. The summed E-state index contributed by atoms with van der Waals surface area (Å²) in [6, 6.07) is 6.28. The molecule has 2 aromatic rings. The van der Waals surface area contributed by atoms with Crippen molar-refractivity contribution in [2.75, 3.05) is 5.43 Å². The molecule has 0 atom stereocenters. The largest absolute Gasteiger partial charge is 0.468 e. The number of anilines is 1. The van der Waals surface area contributed by atoms with Gasteiger partial charge in [-0.3, -0.25) is 10.1 Å².